The number of ether oxygens (including phenoxy) is 1. The maximum atomic E-state index is 12.4. The number of nitrogens with zero attached hydrogens (tertiary/aromatic N) is 4. The third-order valence-corrected chi connectivity index (χ3v) is 5.88. The van der Waals surface area contributed by atoms with Crippen molar-refractivity contribution in [2.75, 3.05) is 12.9 Å². The van der Waals surface area contributed by atoms with Crippen LogP contribution in [0.3, 0.4) is 0 Å². The van der Waals surface area contributed by atoms with Gasteiger partial charge < -0.3 is 10.1 Å². The number of thiazole rings is 1. The SMILES string of the molecule is COc1cccc(-n2c(C)nnc2SCC(=O)NC(C)(C)c2nccs2)c1. The summed E-state index contributed by atoms with van der Waals surface area (Å²) in [4.78, 5) is 16.7. The molecule has 27 heavy (non-hydrogen) atoms. The van der Waals surface area contributed by atoms with Crippen LogP contribution in [0, 0.1) is 6.92 Å². The zero-order chi connectivity index (χ0) is 19.4. The minimum atomic E-state index is -0.512. The average Bonchev–Trinajstić information content (AvgIpc) is 3.30. The largest absolute Gasteiger partial charge is 0.497 e. The van der Waals surface area contributed by atoms with Crippen LogP contribution in [0.4, 0.5) is 0 Å². The number of hydrogen-bond donors (Lipinski definition) is 1. The molecule has 2 heterocycles. The lowest BCUT2D eigenvalue weighted by Gasteiger charge is -2.23. The first-order chi connectivity index (χ1) is 12.9. The number of aryl methyl sites for hydroxylation is 1. The summed E-state index contributed by atoms with van der Waals surface area (Å²) in [7, 11) is 1.63. The molecule has 0 unspecified atom stereocenters. The highest BCUT2D eigenvalue weighted by molar-refractivity contribution is 7.99. The highest BCUT2D eigenvalue weighted by atomic mass is 32.2. The summed E-state index contributed by atoms with van der Waals surface area (Å²) in [6, 6.07) is 7.65. The molecule has 7 nitrogen and oxygen atoms in total. The molecular weight excluding hydrogens is 382 g/mol. The van der Waals surface area contributed by atoms with E-state index < -0.39 is 5.54 Å². The van der Waals surface area contributed by atoms with Gasteiger partial charge in [-0.25, -0.2) is 4.98 Å². The number of rotatable bonds is 7. The molecule has 0 atom stereocenters. The molecule has 0 fully saturated rings. The molecule has 0 aliphatic carbocycles. The van der Waals surface area contributed by atoms with E-state index in [1.807, 2.05) is 55.0 Å². The van der Waals surface area contributed by atoms with E-state index in [1.54, 1.807) is 13.3 Å². The lowest BCUT2D eigenvalue weighted by atomic mass is 10.1. The number of amides is 1. The van der Waals surface area contributed by atoms with Gasteiger partial charge in [-0.05, 0) is 32.9 Å². The maximum absolute atomic E-state index is 12.4. The Morgan fingerprint density at radius 2 is 2.19 bits per heavy atom. The Morgan fingerprint density at radius 1 is 1.37 bits per heavy atom. The summed E-state index contributed by atoms with van der Waals surface area (Å²) in [5.41, 5.74) is 0.380. The van der Waals surface area contributed by atoms with Crippen molar-refractivity contribution in [3.63, 3.8) is 0 Å². The van der Waals surface area contributed by atoms with Crippen molar-refractivity contribution in [1.29, 1.82) is 0 Å². The number of carbonyl (C=O) groups is 1. The summed E-state index contributed by atoms with van der Waals surface area (Å²) >= 11 is 2.86. The van der Waals surface area contributed by atoms with Gasteiger partial charge in [-0.2, -0.15) is 0 Å². The minimum absolute atomic E-state index is 0.0851. The molecule has 0 bridgehead atoms. The molecule has 1 aromatic carbocycles. The summed E-state index contributed by atoms with van der Waals surface area (Å²) in [5, 5.41) is 14.8. The molecule has 0 spiro atoms. The second kappa shape index (κ2) is 8.10. The Labute approximate surface area is 166 Å². The molecule has 0 radical (unpaired) electrons. The Morgan fingerprint density at radius 3 is 2.89 bits per heavy atom. The molecule has 0 saturated carbocycles. The molecule has 142 valence electrons. The predicted molar refractivity (Wildman–Crippen MR) is 107 cm³/mol. The molecule has 0 aliphatic rings. The number of aromatic nitrogens is 4. The van der Waals surface area contributed by atoms with Gasteiger partial charge in [-0.15, -0.1) is 21.5 Å². The van der Waals surface area contributed by atoms with Gasteiger partial charge in [0.15, 0.2) is 5.16 Å². The van der Waals surface area contributed by atoms with E-state index in [2.05, 4.69) is 20.5 Å². The first-order valence-electron chi connectivity index (χ1n) is 8.31. The average molecular weight is 404 g/mol. The zero-order valence-corrected chi connectivity index (χ0v) is 17.2. The Kier molecular flexibility index (Phi) is 5.81. The molecule has 3 aromatic rings. The summed E-state index contributed by atoms with van der Waals surface area (Å²) in [6.45, 7) is 5.76. The van der Waals surface area contributed by atoms with Crippen LogP contribution in [0.2, 0.25) is 0 Å². The van der Waals surface area contributed by atoms with E-state index in [4.69, 9.17) is 4.74 Å². The molecule has 0 saturated heterocycles. The topological polar surface area (TPSA) is 81.9 Å². The molecule has 9 heteroatoms. The van der Waals surface area contributed by atoms with Crippen LogP contribution in [-0.2, 0) is 10.3 Å². The molecule has 0 aliphatic heterocycles. The van der Waals surface area contributed by atoms with Gasteiger partial charge in [0.25, 0.3) is 0 Å². The van der Waals surface area contributed by atoms with E-state index in [0.29, 0.717) is 5.16 Å². The molecule has 3 rings (SSSR count). The predicted octanol–water partition coefficient (Wildman–Crippen LogP) is 3.18. The maximum Gasteiger partial charge on any atom is 0.231 e. The minimum Gasteiger partial charge on any atom is -0.497 e. The second-order valence-electron chi connectivity index (χ2n) is 6.37. The van der Waals surface area contributed by atoms with Gasteiger partial charge in [0.1, 0.15) is 16.6 Å². The summed E-state index contributed by atoms with van der Waals surface area (Å²) < 4.78 is 7.20. The van der Waals surface area contributed by atoms with E-state index in [-0.39, 0.29) is 11.7 Å². The summed E-state index contributed by atoms with van der Waals surface area (Å²) in [6.07, 6.45) is 1.74. The van der Waals surface area contributed by atoms with Crippen LogP contribution in [0.1, 0.15) is 24.7 Å². The van der Waals surface area contributed by atoms with Crippen molar-refractivity contribution in [3.8, 4) is 11.4 Å². The molecule has 1 N–H and O–H groups in total. The zero-order valence-electron chi connectivity index (χ0n) is 15.6. The van der Waals surface area contributed by atoms with Crippen LogP contribution in [0.5, 0.6) is 5.75 Å². The lowest BCUT2D eigenvalue weighted by Crippen LogP contribution is -2.41. The van der Waals surface area contributed by atoms with Crippen LogP contribution in [0.25, 0.3) is 5.69 Å². The number of nitrogens with one attached hydrogen (secondary N) is 1. The Balaban J connectivity index is 1.71. The fourth-order valence-corrected chi connectivity index (χ4v) is 4.10. The van der Waals surface area contributed by atoms with Crippen LogP contribution in [-0.4, -0.2) is 38.5 Å². The van der Waals surface area contributed by atoms with Crippen LogP contribution in [0.15, 0.2) is 41.0 Å². The smallest absolute Gasteiger partial charge is 0.231 e. The van der Waals surface area contributed by atoms with Crippen molar-refractivity contribution in [2.24, 2.45) is 0 Å². The van der Waals surface area contributed by atoms with Gasteiger partial charge in [-0.3, -0.25) is 9.36 Å². The van der Waals surface area contributed by atoms with E-state index in [1.165, 1.54) is 23.1 Å². The normalized spacial score (nSPS) is 11.4. The second-order valence-corrected chi connectivity index (χ2v) is 8.20. The third kappa shape index (κ3) is 4.48. The third-order valence-electron chi connectivity index (χ3n) is 3.86. The Bertz CT molecular complexity index is 922. The number of carbonyl (C=O) groups excluding carboxylic acids is 1. The highest BCUT2D eigenvalue weighted by Crippen LogP contribution is 2.25. The first kappa shape index (κ1) is 19.4. The van der Waals surface area contributed by atoms with Gasteiger partial charge in [0.2, 0.25) is 5.91 Å². The standard InChI is InChI=1S/C18H21N5O2S2/c1-12-21-22-17(23(12)13-6-5-7-14(10-13)25-4)27-11-15(24)20-18(2,3)16-19-8-9-26-16/h5-10H,11H2,1-4H3,(H,20,24). The van der Waals surface area contributed by atoms with E-state index in [0.717, 1.165) is 22.3 Å². The van der Waals surface area contributed by atoms with Crippen LogP contribution < -0.4 is 10.1 Å². The van der Waals surface area contributed by atoms with Crippen molar-refractivity contribution >= 4 is 29.0 Å². The number of hydrogen-bond acceptors (Lipinski definition) is 7. The van der Waals surface area contributed by atoms with E-state index >= 15 is 0 Å². The van der Waals surface area contributed by atoms with Gasteiger partial charge in [0.05, 0.1) is 24.1 Å². The van der Waals surface area contributed by atoms with Crippen molar-refractivity contribution < 1.29 is 9.53 Å². The molecule has 2 aromatic heterocycles. The number of benzene rings is 1. The van der Waals surface area contributed by atoms with Crippen molar-refractivity contribution in [2.45, 2.75) is 31.5 Å². The van der Waals surface area contributed by atoms with Gasteiger partial charge >= 0.3 is 0 Å². The lowest BCUT2D eigenvalue weighted by molar-refractivity contribution is -0.120. The van der Waals surface area contributed by atoms with Gasteiger partial charge in [0, 0.05) is 17.6 Å². The highest BCUT2D eigenvalue weighted by Gasteiger charge is 2.25. The summed E-state index contributed by atoms with van der Waals surface area (Å²) in [5.74, 6) is 1.64. The van der Waals surface area contributed by atoms with Crippen molar-refractivity contribution in [1.82, 2.24) is 25.1 Å². The monoisotopic (exact) mass is 403 g/mol. The van der Waals surface area contributed by atoms with Crippen LogP contribution >= 0.6 is 23.1 Å². The number of thioether (sulfide) groups is 1. The van der Waals surface area contributed by atoms with E-state index in [9.17, 15) is 4.79 Å². The first-order valence-corrected chi connectivity index (χ1v) is 10.2. The fourth-order valence-electron chi connectivity index (χ4n) is 2.58. The quantitative estimate of drug-likeness (QED) is 0.610. The van der Waals surface area contributed by atoms with Crippen molar-refractivity contribution in [3.05, 3.63) is 46.7 Å². The fraction of sp³-hybridized carbons (Fsp3) is 0.333. The molecule has 1 amide bonds. The van der Waals surface area contributed by atoms with Gasteiger partial charge in [-0.1, -0.05) is 17.8 Å². The molecular formula is C18H21N5O2S2. The Hall–Kier alpha value is -2.39. The number of methoxy groups -OCH3 is 1.